The maximum atomic E-state index is 15.3. The van der Waals surface area contributed by atoms with E-state index >= 15 is 4.39 Å². The van der Waals surface area contributed by atoms with Crippen LogP contribution in [0, 0.1) is 17.7 Å². The van der Waals surface area contributed by atoms with E-state index in [0.717, 1.165) is 24.8 Å². The number of halogens is 1. The van der Waals surface area contributed by atoms with Crippen molar-refractivity contribution in [2.45, 2.75) is 25.7 Å². The molecule has 1 aliphatic heterocycles. The smallest absolute Gasteiger partial charge is 0.258 e. The molecule has 36 heavy (non-hydrogen) atoms. The second-order valence-corrected chi connectivity index (χ2v) is 9.38. The van der Waals surface area contributed by atoms with Crippen LogP contribution in [0.25, 0.3) is 22.0 Å². The van der Waals surface area contributed by atoms with Crippen LogP contribution in [-0.2, 0) is 9.59 Å². The molecular weight excluding hydrogens is 463 g/mol. The van der Waals surface area contributed by atoms with Crippen molar-refractivity contribution in [3.63, 3.8) is 0 Å². The normalized spacial score (nSPS) is 17.9. The van der Waals surface area contributed by atoms with Gasteiger partial charge < -0.3 is 14.8 Å². The molecule has 186 valence electrons. The van der Waals surface area contributed by atoms with Gasteiger partial charge >= 0.3 is 0 Å². The van der Waals surface area contributed by atoms with Crippen LogP contribution < -0.4 is 15.9 Å². The average molecular weight is 491 g/mol. The maximum absolute atomic E-state index is 15.3. The van der Waals surface area contributed by atoms with Gasteiger partial charge in [-0.1, -0.05) is 12.1 Å². The molecule has 2 heterocycles. The summed E-state index contributed by atoms with van der Waals surface area (Å²) in [6.45, 7) is 1.36. The minimum absolute atomic E-state index is 0.179. The molecule has 1 saturated carbocycles. The zero-order valence-corrected chi connectivity index (χ0v) is 19.9. The quantitative estimate of drug-likeness (QED) is 0.229. The Morgan fingerprint density at radius 3 is 2.78 bits per heavy atom. The number of likely N-dealkylation sites (tertiary alicyclic amines) is 1. The third-order valence-electron chi connectivity index (χ3n) is 6.91. The summed E-state index contributed by atoms with van der Waals surface area (Å²) < 4.78 is 15.3. The summed E-state index contributed by atoms with van der Waals surface area (Å²) in [5, 5.41) is 4.64. The molecule has 1 aliphatic carbocycles. The molecule has 2 N–H and O–H groups in total. The fourth-order valence-electron chi connectivity index (χ4n) is 4.75. The summed E-state index contributed by atoms with van der Waals surface area (Å²) in [7, 11) is 1.71. The number of nitrogens with zero attached hydrogens (tertiary/aromatic N) is 4. The SMILES string of the molecule is CN(/C(CC1CCN(C(=O)C2CC2)C1)=N\NC=O)c1ccc(-c2ccc3c(=O)[nH]cnc3c2)cc1F. The van der Waals surface area contributed by atoms with Gasteiger partial charge in [-0.25, -0.2) is 14.8 Å². The Labute approximate surface area is 207 Å². The van der Waals surface area contributed by atoms with Gasteiger partial charge in [0.2, 0.25) is 12.3 Å². The Morgan fingerprint density at radius 1 is 1.25 bits per heavy atom. The minimum Gasteiger partial charge on any atom is -0.342 e. The van der Waals surface area contributed by atoms with E-state index in [9.17, 15) is 14.4 Å². The number of amides is 2. The summed E-state index contributed by atoms with van der Waals surface area (Å²) in [5.41, 5.74) is 4.32. The van der Waals surface area contributed by atoms with Crippen LogP contribution >= 0.6 is 0 Å². The summed E-state index contributed by atoms with van der Waals surface area (Å²) >= 11 is 0. The molecule has 1 aromatic heterocycles. The number of hydrogen-bond acceptors (Lipinski definition) is 5. The predicted octanol–water partition coefficient (Wildman–Crippen LogP) is 2.87. The standard InChI is InChI=1S/C26H27FN6O3/c1-32(24(31-30-15-34)10-16-8-9-33(13-16)26(36)17-2-3-17)23-7-5-18(11-21(23)27)19-4-6-20-22(12-19)28-14-29-25(20)35/h4-7,11-12,14-17H,2-3,8-10,13H2,1H3,(H,30,34)(H,28,29,35)/b31-24-. The first-order valence-corrected chi connectivity index (χ1v) is 12.0. The molecule has 9 nitrogen and oxygen atoms in total. The van der Waals surface area contributed by atoms with Crippen LogP contribution in [0.3, 0.4) is 0 Å². The number of benzene rings is 2. The summed E-state index contributed by atoms with van der Waals surface area (Å²) in [6, 6.07) is 10.1. The third kappa shape index (κ3) is 4.84. The minimum atomic E-state index is -0.454. The molecule has 0 spiro atoms. The van der Waals surface area contributed by atoms with E-state index in [1.54, 1.807) is 42.3 Å². The number of anilines is 1. The number of fused-ring (bicyclic) bond motifs is 1. The first-order valence-electron chi connectivity index (χ1n) is 12.0. The first-order chi connectivity index (χ1) is 17.4. The monoisotopic (exact) mass is 490 g/mol. The molecule has 5 rings (SSSR count). The number of aromatic nitrogens is 2. The van der Waals surface area contributed by atoms with E-state index in [1.807, 2.05) is 4.90 Å². The van der Waals surface area contributed by atoms with Crippen LogP contribution in [0.15, 0.2) is 52.6 Å². The van der Waals surface area contributed by atoms with E-state index in [4.69, 9.17) is 0 Å². The van der Waals surface area contributed by atoms with Crippen LogP contribution in [0.4, 0.5) is 10.1 Å². The van der Waals surface area contributed by atoms with Gasteiger partial charge in [0.1, 0.15) is 11.7 Å². The molecule has 10 heteroatoms. The van der Waals surface area contributed by atoms with Gasteiger partial charge in [-0.15, -0.1) is 0 Å². The Balaban J connectivity index is 1.35. The highest BCUT2D eigenvalue weighted by molar-refractivity contribution is 5.98. The van der Waals surface area contributed by atoms with Crippen LogP contribution in [0.1, 0.15) is 25.7 Å². The summed E-state index contributed by atoms with van der Waals surface area (Å²) in [4.78, 5) is 45.5. The van der Waals surface area contributed by atoms with E-state index in [0.29, 0.717) is 53.9 Å². The van der Waals surface area contributed by atoms with Crippen LogP contribution in [-0.4, -0.2) is 53.2 Å². The first kappa shape index (κ1) is 23.7. The van der Waals surface area contributed by atoms with Crippen molar-refractivity contribution < 1.29 is 14.0 Å². The highest BCUT2D eigenvalue weighted by Crippen LogP contribution is 2.34. The summed E-state index contributed by atoms with van der Waals surface area (Å²) in [5.74, 6) is 0.643. The number of H-pyrrole nitrogens is 1. The lowest BCUT2D eigenvalue weighted by molar-refractivity contribution is -0.131. The maximum Gasteiger partial charge on any atom is 0.258 e. The van der Waals surface area contributed by atoms with Gasteiger partial charge in [0.25, 0.3) is 5.56 Å². The Kier molecular flexibility index (Phi) is 6.49. The highest BCUT2D eigenvalue weighted by Gasteiger charge is 2.37. The van der Waals surface area contributed by atoms with Crippen molar-refractivity contribution in [2.75, 3.05) is 25.0 Å². The Bertz CT molecular complexity index is 1400. The van der Waals surface area contributed by atoms with E-state index in [-0.39, 0.29) is 23.3 Å². The van der Waals surface area contributed by atoms with Crippen molar-refractivity contribution in [1.29, 1.82) is 0 Å². The molecule has 1 unspecified atom stereocenters. The summed E-state index contributed by atoms with van der Waals surface area (Å²) in [6.07, 6.45) is 5.10. The van der Waals surface area contributed by atoms with Crippen molar-refractivity contribution in [3.05, 3.63) is 58.9 Å². The number of nitrogens with one attached hydrogen (secondary N) is 2. The lowest BCUT2D eigenvalue weighted by Crippen LogP contribution is -2.33. The van der Waals surface area contributed by atoms with Gasteiger partial charge in [-0.3, -0.25) is 14.4 Å². The number of rotatable bonds is 7. The predicted molar refractivity (Wildman–Crippen MR) is 135 cm³/mol. The van der Waals surface area contributed by atoms with Gasteiger partial charge in [-0.05, 0) is 60.6 Å². The molecule has 2 aromatic carbocycles. The van der Waals surface area contributed by atoms with Crippen LogP contribution in [0.2, 0.25) is 0 Å². The molecule has 1 atom stereocenters. The highest BCUT2D eigenvalue weighted by atomic mass is 19.1. The molecule has 1 saturated heterocycles. The zero-order valence-electron chi connectivity index (χ0n) is 19.9. The number of carbonyl (C=O) groups is 2. The van der Waals surface area contributed by atoms with E-state index < -0.39 is 5.82 Å². The van der Waals surface area contributed by atoms with Gasteiger partial charge in [0.05, 0.1) is 22.9 Å². The topological polar surface area (TPSA) is 111 Å². The van der Waals surface area contributed by atoms with Crippen molar-refractivity contribution >= 4 is 34.7 Å². The molecule has 0 radical (unpaired) electrons. The second-order valence-electron chi connectivity index (χ2n) is 9.38. The van der Waals surface area contributed by atoms with Crippen LogP contribution in [0.5, 0.6) is 0 Å². The van der Waals surface area contributed by atoms with Gasteiger partial charge in [0.15, 0.2) is 0 Å². The lowest BCUT2D eigenvalue weighted by Gasteiger charge is -2.24. The Morgan fingerprint density at radius 2 is 2.03 bits per heavy atom. The Hall–Kier alpha value is -4.08. The molecule has 2 aliphatic rings. The lowest BCUT2D eigenvalue weighted by atomic mass is 10.0. The van der Waals surface area contributed by atoms with E-state index in [1.165, 1.54) is 12.4 Å². The van der Waals surface area contributed by atoms with Gasteiger partial charge in [-0.2, -0.15) is 5.10 Å². The van der Waals surface area contributed by atoms with Gasteiger partial charge in [0, 0.05) is 32.5 Å². The fourth-order valence-corrected chi connectivity index (χ4v) is 4.75. The van der Waals surface area contributed by atoms with Crippen molar-refractivity contribution in [2.24, 2.45) is 16.9 Å². The molecule has 2 amide bonds. The average Bonchev–Trinajstić information content (AvgIpc) is 3.63. The van der Waals surface area contributed by atoms with Crippen molar-refractivity contribution in [3.8, 4) is 11.1 Å². The number of aromatic amines is 1. The molecule has 2 fully saturated rings. The third-order valence-corrected chi connectivity index (χ3v) is 6.91. The number of amidine groups is 1. The van der Waals surface area contributed by atoms with E-state index in [2.05, 4.69) is 20.5 Å². The number of hydrazone groups is 1. The van der Waals surface area contributed by atoms with Crippen molar-refractivity contribution in [1.82, 2.24) is 20.3 Å². The molecular formula is C26H27FN6O3. The number of carbonyl (C=O) groups excluding carboxylic acids is 2. The fraction of sp³-hybridized carbons (Fsp3) is 0.346. The molecule has 0 bridgehead atoms. The molecule has 3 aromatic rings. The largest absolute Gasteiger partial charge is 0.342 e. The number of hydrogen-bond donors (Lipinski definition) is 2. The zero-order chi connectivity index (χ0) is 25.2. The second kappa shape index (κ2) is 9.88.